The minimum atomic E-state index is 0.193. The first-order valence-electron chi connectivity index (χ1n) is 15.1. The smallest absolute Gasteiger partial charge is 0.316 e. The number of nitrogens with one attached hydrogen (secondary N) is 1. The number of fused-ring (bicyclic) bond motifs is 5. The third kappa shape index (κ3) is 4.22. The molecule has 6 nitrogen and oxygen atoms in total. The van der Waals surface area contributed by atoms with E-state index in [1.165, 1.54) is 86.8 Å². The van der Waals surface area contributed by atoms with Crippen LogP contribution < -0.4 is 15.0 Å². The lowest BCUT2D eigenvalue weighted by atomic mass is 9.85. The summed E-state index contributed by atoms with van der Waals surface area (Å²) >= 11 is 6.73. The van der Waals surface area contributed by atoms with E-state index in [0.717, 1.165) is 35.6 Å². The van der Waals surface area contributed by atoms with Gasteiger partial charge in [0.2, 0.25) is 0 Å². The summed E-state index contributed by atoms with van der Waals surface area (Å²) in [5.41, 5.74) is 5.18. The Labute approximate surface area is 236 Å². The van der Waals surface area contributed by atoms with Gasteiger partial charge in [-0.25, -0.2) is 0 Å². The third-order valence-electron chi connectivity index (χ3n) is 10.4. The van der Waals surface area contributed by atoms with E-state index in [0.29, 0.717) is 30.6 Å². The standard InChI is InChI=1S/C32H38ClN5O/c33-26-7-1-5-21-6-2-8-28(29(21)26)37-16-11-25-27(19-37)35-31(39-20-32-12-3-14-38(32)15-4-13-32)36-30(25)22-17-23-9-10-24(18-22)34-23/h1-2,5-8,22-24,34H,3-4,9-20H2/t22?,23-,24+. The highest BCUT2D eigenvalue weighted by Crippen LogP contribution is 2.42. The summed E-state index contributed by atoms with van der Waals surface area (Å²) in [6.07, 6.45) is 10.9. The van der Waals surface area contributed by atoms with Crippen LogP contribution in [0.5, 0.6) is 6.01 Å². The first kappa shape index (κ1) is 24.4. The molecule has 4 fully saturated rings. The zero-order valence-electron chi connectivity index (χ0n) is 22.7. The normalized spacial score (nSPS) is 27.6. The van der Waals surface area contributed by atoms with Gasteiger partial charge in [0.1, 0.15) is 6.61 Å². The van der Waals surface area contributed by atoms with Gasteiger partial charge in [0.15, 0.2) is 0 Å². The molecule has 7 heteroatoms. The Balaban J connectivity index is 1.15. The van der Waals surface area contributed by atoms with Crippen molar-refractivity contribution in [3.05, 3.63) is 58.4 Å². The molecule has 3 aromatic rings. The van der Waals surface area contributed by atoms with Crippen molar-refractivity contribution < 1.29 is 4.74 Å². The van der Waals surface area contributed by atoms with Crippen LogP contribution >= 0.6 is 11.6 Å². The molecular formula is C32H38ClN5O. The van der Waals surface area contributed by atoms with Gasteiger partial charge in [-0.15, -0.1) is 0 Å². The Morgan fingerprint density at radius 2 is 1.74 bits per heavy atom. The molecule has 0 radical (unpaired) electrons. The maximum absolute atomic E-state index is 6.73. The molecule has 6 heterocycles. The summed E-state index contributed by atoms with van der Waals surface area (Å²) in [6, 6.07) is 14.5. The van der Waals surface area contributed by atoms with Crippen LogP contribution in [0.25, 0.3) is 10.8 Å². The monoisotopic (exact) mass is 543 g/mol. The van der Waals surface area contributed by atoms with Gasteiger partial charge in [0.25, 0.3) is 0 Å². The molecule has 5 aliphatic heterocycles. The molecule has 8 rings (SSSR count). The van der Waals surface area contributed by atoms with Crippen LogP contribution in [0.1, 0.15) is 74.2 Å². The predicted molar refractivity (Wildman–Crippen MR) is 156 cm³/mol. The van der Waals surface area contributed by atoms with Gasteiger partial charge in [-0.3, -0.25) is 4.90 Å². The molecule has 1 aromatic heterocycles. The van der Waals surface area contributed by atoms with E-state index in [1.807, 2.05) is 12.1 Å². The van der Waals surface area contributed by atoms with Crippen LogP contribution in [0.3, 0.4) is 0 Å². The van der Waals surface area contributed by atoms with E-state index in [2.05, 4.69) is 39.4 Å². The van der Waals surface area contributed by atoms with E-state index in [1.54, 1.807) is 0 Å². The second kappa shape index (κ2) is 9.60. The zero-order chi connectivity index (χ0) is 26.0. The first-order chi connectivity index (χ1) is 19.1. The first-order valence-corrected chi connectivity index (χ1v) is 15.5. The highest BCUT2D eigenvalue weighted by molar-refractivity contribution is 6.36. The van der Waals surface area contributed by atoms with Gasteiger partial charge in [0, 0.05) is 35.6 Å². The number of halogens is 1. The molecule has 0 aliphatic carbocycles. The number of hydrogen-bond donors (Lipinski definition) is 1. The molecule has 3 atom stereocenters. The highest BCUT2D eigenvalue weighted by Gasteiger charge is 2.45. The molecule has 204 valence electrons. The van der Waals surface area contributed by atoms with Crippen molar-refractivity contribution in [1.29, 1.82) is 0 Å². The molecule has 5 aliphatic rings. The van der Waals surface area contributed by atoms with Gasteiger partial charge in [0.05, 0.1) is 28.5 Å². The van der Waals surface area contributed by atoms with Crippen LogP contribution in [0.2, 0.25) is 5.02 Å². The summed E-state index contributed by atoms with van der Waals surface area (Å²) in [5, 5.41) is 6.94. The highest BCUT2D eigenvalue weighted by atomic mass is 35.5. The second-order valence-corrected chi connectivity index (χ2v) is 13.0. The third-order valence-corrected chi connectivity index (χ3v) is 10.7. The fraction of sp³-hybridized carbons (Fsp3) is 0.562. The lowest BCUT2D eigenvalue weighted by Crippen LogP contribution is -2.43. The molecule has 0 amide bonds. The van der Waals surface area contributed by atoms with Crippen LogP contribution in [0.4, 0.5) is 5.69 Å². The molecule has 1 N–H and O–H groups in total. The molecular weight excluding hydrogens is 506 g/mol. The summed E-state index contributed by atoms with van der Waals surface area (Å²) in [6.45, 7) is 4.84. The number of rotatable bonds is 5. The van der Waals surface area contributed by atoms with E-state index >= 15 is 0 Å². The number of benzene rings is 2. The maximum atomic E-state index is 6.73. The number of anilines is 1. The molecule has 2 bridgehead atoms. The minimum Gasteiger partial charge on any atom is -0.461 e. The average Bonchev–Trinajstić information content (AvgIpc) is 3.64. The Hall–Kier alpha value is -2.41. The van der Waals surface area contributed by atoms with Crippen molar-refractivity contribution in [2.24, 2.45) is 0 Å². The number of aromatic nitrogens is 2. The van der Waals surface area contributed by atoms with Gasteiger partial charge in [-0.05, 0) is 94.0 Å². The van der Waals surface area contributed by atoms with E-state index < -0.39 is 0 Å². The quantitative estimate of drug-likeness (QED) is 0.435. The molecule has 4 saturated heterocycles. The van der Waals surface area contributed by atoms with E-state index in [-0.39, 0.29) is 5.54 Å². The summed E-state index contributed by atoms with van der Waals surface area (Å²) in [4.78, 5) is 15.5. The molecule has 2 aromatic carbocycles. The lowest BCUT2D eigenvalue weighted by molar-refractivity contribution is 0.107. The van der Waals surface area contributed by atoms with Crippen molar-refractivity contribution in [2.45, 2.75) is 87.9 Å². The fourth-order valence-corrected chi connectivity index (χ4v) is 8.80. The maximum Gasteiger partial charge on any atom is 0.316 e. The minimum absolute atomic E-state index is 0.193. The van der Waals surface area contributed by atoms with Gasteiger partial charge in [-0.1, -0.05) is 35.9 Å². The van der Waals surface area contributed by atoms with Crippen LogP contribution in [-0.4, -0.2) is 58.7 Å². The largest absolute Gasteiger partial charge is 0.461 e. The van der Waals surface area contributed by atoms with Crippen molar-refractivity contribution in [3.8, 4) is 6.01 Å². The average molecular weight is 544 g/mol. The van der Waals surface area contributed by atoms with E-state index in [9.17, 15) is 0 Å². The van der Waals surface area contributed by atoms with Gasteiger partial charge < -0.3 is 15.0 Å². The number of hydrogen-bond acceptors (Lipinski definition) is 6. The second-order valence-electron chi connectivity index (χ2n) is 12.6. The van der Waals surface area contributed by atoms with Crippen molar-refractivity contribution >= 4 is 28.1 Å². The fourth-order valence-electron chi connectivity index (χ4n) is 8.52. The topological polar surface area (TPSA) is 53.5 Å². The van der Waals surface area contributed by atoms with Crippen LogP contribution in [0, 0.1) is 0 Å². The summed E-state index contributed by atoms with van der Waals surface area (Å²) in [7, 11) is 0. The number of ether oxygens (including phenoxy) is 1. The van der Waals surface area contributed by atoms with Crippen molar-refractivity contribution in [2.75, 3.05) is 31.1 Å². The molecule has 0 saturated carbocycles. The lowest BCUT2D eigenvalue weighted by Gasteiger charge is -2.35. The number of nitrogens with zero attached hydrogens (tertiary/aromatic N) is 4. The summed E-state index contributed by atoms with van der Waals surface area (Å²) < 4.78 is 6.57. The molecule has 1 unspecified atom stereocenters. The van der Waals surface area contributed by atoms with Crippen molar-refractivity contribution in [3.63, 3.8) is 0 Å². The zero-order valence-corrected chi connectivity index (χ0v) is 23.4. The van der Waals surface area contributed by atoms with Crippen molar-refractivity contribution in [1.82, 2.24) is 20.2 Å². The Kier molecular flexibility index (Phi) is 6.01. The Morgan fingerprint density at radius 3 is 2.54 bits per heavy atom. The molecule has 0 spiro atoms. The molecule has 39 heavy (non-hydrogen) atoms. The van der Waals surface area contributed by atoms with Crippen LogP contribution in [0.15, 0.2) is 36.4 Å². The SMILES string of the molecule is Clc1cccc2cccc(N3CCc4c(nc(OCC56CCCN5CCC6)nc4C4C[C@H]5CC[C@@H](C4)N5)C3)c12. The van der Waals surface area contributed by atoms with Gasteiger partial charge >= 0.3 is 6.01 Å². The Morgan fingerprint density at radius 1 is 0.974 bits per heavy atom. The van der Waals surface area contributed by atoms with Crippen LogP contribution in [-0.2, 0) is 13.0 Å². The number of piperidine rings is 1. The Bertz CT molecular complexity index is 1380. The predicted octanol–water partition coefficient (Wildman–Crippen LogP) is 5.85. The van der Waals surface area contributed by atoms with E-state index in [4.69, 9.17) is 26.3 Å². The summed E-state index contributed by atoms with van der Waals surface area (Å²) in [5.74, 6) is 0.494. The van der Waals surface area contributed by atoms with Gasteiger partial charge in [-0.2, -0.15) is 9.97 Å².